The number of carbonyl (C=O) groups excluding carboxylic acids is 1. The third kappa shape index (κ3) is 4.39. The number of aliphatic hydroxyl groups is 1. The van der Waals surface area contributed by atoms with Crippen molar-refractivity contribution in [1.29, 1.82) is 0 Å². The van der Waals surface area contributed by atoms with Crippen LogP contribution in [0, 0.1) is 6.57 Å². The highest BCUT2D eigenvalue weighted by atomic mass is 35.5. The van der Waals surface area contributed by atoms with Crippen LogP contribution in [0.2, 0.25) is 5.02 Å². The quantitative estimate of drug-likeness (QED) is 0.553. The molecular formula is C19H19ClN6O2. The number of halogens is 1. The molecule has 9 heteroatoms. The Hall–Kier alpha value is -3.15. The van der Waals surface area contributed by atoms with Gasteiger partial charge in [-0.1, -0.05) is 23.7 Å². The van der Waals surface area contributed by atoms with E-state index < -0.39 is 12.0 Å². The second-order valence-electron chi connectivity index (χ2n) is 6.33. The fourth-order valence-electron chi connectivity index (χ4n) is 2.62. The Labute approximate surface area is 168 Å². The van der Waals surface area contributed by atoms with Crippen molar-refractivity contribution >= 4 is 23.2 Å². The van der Waals surface area contributed by atoms with E-state index in [-0.39, 0.29) is 17.4 Å². The van der Waals surface area contributed by atoms with E-state index in [1.165, 1.54) is 13.0 Å². The number of carbonyl (C=O) groups is 1. The van der Waals surface area contributed by atoms with Gasteiger partial charge in [-0.3, -0.25) is 14.6 Å². The van der Waals surface area contributed by atoms with Crippen molar-refractivity contribution in [3.05, 3.63) is 64.4 Å². The van der Waals surface area contributed by atoms with Crippen LogP contribution in [0.3, 0.4) is 0 Å². The van der Waals surface area contributed by atoms with Crippen LogP contribution < -0.4 is 5.32 Å². The van der Waals surface area contributed by atoms with Crippen molar-refractivity contribution in [2.75, 3.05) is 0 Å². The summed E-state index contributed by atoms with van der Waals surface area (Å²) in [6.07, 6.45) is -0.0585. The van der Waals surface area contributed by atoms with Gasteiger partial charge in [-0.05, 0) is 32.0 Å². The van der Waals surface area contributed by atoms with E-state index in [0.29, 0.717) is 22.9 Å². The summed E-state index contributed by atoms with van der Waals surface area (Å²) in [5.74, 6) is -0.418. The largest absolute Gasteiger partial charge is 0.387 e. The molecule has 0 saturated heterocycles. The minimum Gasteiger partial charge on any atom is -0.387 e. The third-order valence-electron chi connectivity index (χ3n) is 4.04. The molecule has 2 aromatic heterocycles. The molecule has 3 rings (SSSR count). The summed E-state index contributed by atoms with van der Waals surface area (Å²) in [6.45, 7) is 10.6. The van der Waals surface area contributed by atoms with Crippen LogP contribution in [0.4, 0.5) is 5.69 Å². The first-order valence-electron chi connectivity index (χ1n) is 8.97. The predicted molar refractivity (Wildman–Crippen MR) is 105 cm³/mol. The number of aromatic amines is 1. The van der Waals surface area contributed by atoms with Gasteiger partial charge in [0.15, 0.2) is 0 Å². The maximum absolute atomic E-state index is 12.3. The Bertz CT molecular complexity index is 1080. The van der Waals surface area contributed by atoms with Crippen molar-refractivity contribution in [2.45, 2.75) is 32.5 Å². The zero-order valence-corrected chi connectivity index (χ0v) is 16.0. The molecule has 0 aliphatic heterocycles. The van der Waals surface area contributed by atoms with Crippen molar-refractivity contribution in [1.82, 2.24) is 25.3 Å². The molecule has 0 spiro atoms. The number of hydrogen-bond acceptors (Lipinski definition) is 4. The summed E-state index contributed by atoms with van der Waals surface area (Å²) < 4.78 is 9.24. The second-order valence-corrected chi connectivity index (χ2v) is 6.73. The fraction of sp³-hybridized carbons (Fsp3) is 0.263. The van der Waals surface area contributed by atoms with Crippen LogP contribution >= 0.6 is 11.6 Å². The van der Waals surface area contributed by atoms with E-state index >= 15 is 0 Å². The summed E-state index contributed by atoms with van der Waals surface area (Å²) in [5.41, 5.74) is 2.12. The lowest BCUT2D eigenvalue weighted by Crippen LogP contribution is -2.36. The van der Waals surface area contributed by atoms with Crippen LogP contribution in [0.5, 0.6) is 0 Å². The van der Waals surface area contributed by atoms with Crippen LogP contribution in [0.25, 0.3) is 16.1 Å². The Balaban J connectivity index is 1.64. The van der Waals surface area contributed by atoms with Crippen LogP contribution in [-0.2, 0) is 6.54 Å². The van der Waals surface area contributed by atoms with Gasteiger partial charge in [-0.25, -0.2) is 4.85 Å². The van der Waals surface area contributed by atoms with E-state index in [4.69, 9.17) is 19.5 Å². The monoisotopic (exact) mass is 399 g/mol. The van der Waals surface area contributed by atoms with Gasteiger partial charge in [0.25, 0.3) is 5.91 Å². The van der Waals surface area contributed by atoms with Gasteiger partial charge in [0.05, 0.1) is 32.0 Å². The molecule has 0 aliphatic carbocycles. The standard InChI is InChI=1S/C19H19ClN6O2/c1-11(22-19(28)18-9-17(12(2)27)23-24-18)10-26-7-6-15(25-26)13-4-5-16(21-3)14(20)8-13/h4-9,11-12,27H,10H2,1-2H3,(H,22,28)(H,23,24)/t11-,12?/m0/s1/i12D. The molecule has 1 unspecified atom stereocenters. The van der Waals surface area contributed by atoms with Crippen molar-refractivity contribution in [3.8, 4) is 11.3 Å². The number of benzene rings is 1. The molecule has 1 aromatic carbocycles. The summed E-state index contributed by atoms with van der Waals surface area (Å²) in [5, 5.41) is 23.6. The normalized spacial score (nSPS) is 14.6. The maximum atomic E-state index is 12.3. The first kappa shape index (κ1) is 18.2. The molecule has 3 aromatic rings. The molecule has 0 bridgehead atoms. The molecule has 0 aliphatic rings. The number of aromatic nitrogens is 4. The highest BCUT2D eigenvalue weighted by Gasteiger charge is 2.16. The molecule has 0 fully saturated rings. The number of nitrogens with zero attached hydrogens (tertiary/aromatic N) is 4. The Morgan fingerprint density at radius 3 is 2.89 bits per heavy atom. The lowest BCUT2D eigenvalue weighted by atomic mass is 10.1. The SMILES string of the molecule is [2H]C(C)(O)c1cc(C(=O)N[C@@H](C)Cn2ccc(-c3ccc([N+]#[C-])c(Cl)c3)n2)n[nH]1. The minimum atomic E-state index is -1.85. The lowest BCUT2D eigenvalue weighted by molar-refractivity contribution is 0.0931. The third-order valence-corrected chi connectivity index (χ3v) is 4.35. The molecule has 2 atom stereocenters. The highest BCUT2D eigenvalue weighted by Crippen LogP contribution is 2.29. The van der Waals surface area contributed by atoms with Gasteiger partial charge in [-0.2, -0.15) is 10.2 Å². The average Bonchev–Trinajstić information content (AvgIpc) is 3.31. The predicted octanol–water partition coefficient (Wildman–Crippen LogP) is 3.35. The van der Waals surface area contributed by atoms with E-state index in [1.54, 1.807) is 29.1 Å². The van der Waals surface area contributed by atoms with Crippen molar-refractivity contribution in [3.63, 3.8) is 0 Å². The molecule has 2 heterocycles. The molecular weight excluding hydrogens is 380 g/mol. The van der Waals surface area contributed by atoms with Gasteiger partial charge in [0.2, 0.25) is 5.69 Å². The summed E-state index contributed by atoms with van der Waals surface area (Å²) in [4.78, 5) is 15.6. The smallest absolute Gasteiger partial charge is 0.272 e. The van der Waals surface area contributed by atoms with Gasteiger partial charge in [-0.15, -0.1) is 0 Å². The zero-order chi connectivity index (χ0) is 21.2. The van der Waals surface area contributed by atoms with E-state index in [9.17, 15) is 9.90 Å². The molecule has 0 saturated carbocycles. The number of hydrogen-bond donors (Lipinski definition) is 3. The summed E-state index contributed by atoms with van der Waals surface area (Å²) in [6, 6.07) is 8.06. The maximum Gasteiger partial charge on any atom is 0.272 e. The lowest BCUT2D eigenvalue weighted by Gasteiger charge is -2.13. The molecule has 144 valence electrons. The van der Waals surface area contributed by atoms with Crippen LogP contribution in [-0.4, -0.2) is 37.0 Å². The highest BCUT2D eigenvalue weighted by molar-refractivity contribution is 6.33. The van der Waals surface area contributed by atoms with Crippen LogP contribution in [0.15, 0.2) is 36.5 Å². The summed E-state index contributed by atoms with van der Waals surface area (Å²) >= 11 is 6.08. The first-order valence-corrected chi connectivity index (χ1v) is 8.85. The molecule has 8 nitrogen and oxygen atoms in total. The van der Waals surface area contributed by atoms with Crippen LogP contribution in [0.1, 0.15) is 37.5 Å². The Kier molecular flexibility index (Phi) is 5.37. The van der Waals surface area contributed by atoms with Gasteiger partial charge in [0.1, 0.15) is 5.69 Å². The van der Waals surface area contributed by atoms with E-state index in [1.807, 2.05) is 13.0 Å². The summed E-state index contributed by atoms with van der Waals surface area (Å²) in [7, 11) is 0. The van der Waals surface area contributed by atoms with E-state index in [2.05, 4.69) is 25.5 Å². The number of nitrogens with one attached hydrogen (secondary N) is 2. The first-order chi connectivity index (χ1) is 13.7. The number of amides is 1. The average molecular weight is 400 g/mol. The number of H-pyrrole nitrogens is 1. The Morgan fingerprint density at radius 1 is 1.46 bits per heavy atom. The fourth-order valence-corrected chi connectivity index (χ4v) is 2.84. The van der Waals surface area contributed by atoms with Gasteiger partial charge < -0.3 is 10.4 Å². The molecule has 28 heavy (non-hydrogen) atoms. The van der Waals surface area contributed by atoms with Gasteiger partial charge >= 0.3 is 0 Å². The molecule has 1 amide bonds. The van der Waals surface area contributed by atoms with Crippen molar-refractivity contribution < 1.29 is 11.3 Å². The molecule has 3 N–H and O–H groups in total. The zero-order valence-electron chi connectivity index (χ0n) is 16.3. The minimum absolute atomic E-state index is 0.0927. The van der Waals surface area contributed by atoms with Crippen molar-refractivity contribution in [2.24, 2.45) is 0 Å². The topological polar surface area (TPSA) is 100 Å². The Morgan fingerprint density at radius 2 is 2.25 bits per heavy atom. The second kappa shape index (κ2) is 8.25. The molecule has 0 radical (unpaired) electrons. The van der Waals surface area contributed by atoms with E-state index in [0.717, 1.165) is 5.56 Å². The van der Waals surface area contributed by atoms with Gasteiger partial charge in [0, 0.05) is 22.8 Å². The number of rotatable bonds is 6.